The molecule has 0 aliphatic heterocycles. The number of rotatable bonds is 1. The van der Waals surface area contributed by atoms with Gasteiger partial charge < -0.3 is 10.7 Å². The smallest absolute Gasteiger partial charge is 0.222 e. The van der Waals surface area contributed by atoms with Gasteiger partial charge in [-0.2, -0.15) is 10.1 Å². The summed E-state index contributed by atoms with van der Waals surface area (Å²) in [5.41, 5.74) is 8.32. The van der Waals surface area contributed by atoms with Crippen molar-refractivity contribution in [1.82, 2.24) is 30.1 Å². The molecular weight excluding hydrogens is 194 g/mol. The molecule has 0 radical (unpaired) electrons. The van der Waals surface area contributed by atoms with Gasteiger partial charge in [-0.1, -0.05) is 0 Å². The third-order valence-corrected chi connectivity index (χ3v) is 2.06. The van der Waals surface area contributed by atoms with Crippen LogP contribution in [0.1, 0.15) is 0 Å². The first-order valence-electron chi connectivity index (χ1n) is 4.31. The second-order valence-corrected chi connectivity index (χ2v) is 3.00. The molecule has 0 bridgehead atoms. The highest BCUT2D eigenvalue weighted by Crippen LogP contribution is 2.21. The maximum absolute atomic E-state index is 5.58. The van der Waals surface area contributed by atoms with Crippen LogP contribution in [0.3, 0.4) is 0 Å². The fourth-order valence-corrected chi connectivity index (χ4v) is 1.43. The number of nitrogen functional groups attached to an aromatic ring is 1. The predicted octanol–water partition coefficient (Wildman–Crippen LogP) is 0.325. The Morgan fingerprint density at radius 1 is 1.27 bits per heavy atom. The molecule has 0 fully saturated rings. The lowest BCUT2D eigenvalue weighted by atomic mass is 10.3. The Morgan fingerprint density at radius 3 is 3.00 bits per heavy atom. The molecule has 7 nitrogen and oxygen atoms in total. The van der Waals surface area contributed by atoms with Crippen LogP contribution < -0.4 is 5.73 Å². The maximum Gasteiger partial charge on any atom is 0.222 e. The van der Waals surface area contributed by atoms with Crippen molar-refractivity contribution < 1.29 is 0 Å². The van der Waals surface area contributed by atoms with Crippen LogP contribution in [0.2, 0.25) is 0 Å². The maximum atomic E-state index is 5.58. The third kappa shape index (κ3) is 1.13. The zero-order valence-electron chi connectivity index (χ0n) is 7.60. The lowest BCUT2D eigenvalue weighted by molar-refractivity contribution is 1.08. The topological polar surface area (TPSA) is 109 Å². The van der Waals surface area contributed by atoms with Gasteiger partial charge in [-0.05, 0) is 6.07 Å². The molecule has 4 N–H and O–H groups in total. The van der Waals surface area contributed by atoms with Crippen LogP contribution in [-0.2, 0) is 0 Å². The fourth-order valence-electron chi connectivity index (χ4n) is 1.43. The minimum atomic E-state index is 0.194. The molecule has 3 heterocycles. The Labute approximate surface area is 83.8 Å². The van der Waals surface area contributed by atoms with E-state index in [0.717, 1.165) is 11.2 Å². The average molecular weight is 201 g/mol. The van der Waals surface area contributed by atoms with E-state index >= 15 is 0 Å². The van der Waals surface area contributed by atoms with Crippen molar-refractivity contribution in [3.63, 3.8) is 0 Å². The summed E-state index contributed by atoms with van der Waals surface area (Å²) in [7, 11) is 0. The van der Waals surface area contributed by atoms with Crippen molar-refractivity contribution in [2.24, 2.45) is 0 Å². The highest BCUT2D eigenvalue weighted by molar-refractivity contribution is 5.86. The molecule has 0 spiro atoms. The summed E-state index contributed by atoms with van der Waals surface area (Å²) in [6.07, 6.45) is 3.20. The highest BCUT2D eigenvalue weighted by atomic mass is 15.1. The minimum absolute atomic E-state index is 0.194. The number of anilines is 1. The van der Waals surface area contributed by atoms with Crippen LogP contribution in [-0.4, -0.2) is 30.1 Å². The quantitative estimate of drug-likeness (QED) is 0.525. The zero-order valence-corrected chi connectivity index (χ0v) is 7.60. The van der Waals surface area contributed by atoms with E-state index in [-0.39, 0.29) is 5.95 Å². The number of nitrogens with one attached hydrogen (secondary N) is 2. The monoisotopic (exact) mass is 201 g/mol. The van der Waals surface area contributed by atoms with Gasteiger partial charge in [0.25, 0.3) is 0 Å². The van der Waals surface area contributed by atoms with Gasteiger partial charge in [-0.15, -0.1) is 0 Å². The Bertz CT molecular complexity index is 595. The molecule has 0 saturated heterocycles. The molecule has 74 valence electrons. The highest BCUT2D eigenvalue weighted by Gasteiger charge is 2.10. The summed E-state index contributed by atoms with van der Waals surface area (Å²) < 4.78 is 0. The Balaban J connectivity index is 2.38. The molecule has 0 unspecified atom stereocenters. The van der Waals surface area contributed by atoms with Gasteiger partial charge in [0.1, 0.15) is 11.2 Å². The number of imidazole rings is 1. The van der Waals surface area contributed by atoms with Gasteiger partial charge in [-0.25, -0.2) is 9.97 Å². The number of hydrogen-bond acceptors (Lipinski definition) is 5. The molecule has 0 aliphatic rings. The molecule has 0 aromatic carbocycles. The van der Waals surface area contributed by atoms with E-state index in [2.05, 4.69) is 30.1 Å². The second kappa shape index (κ2) is 2.77. The van der Waals surface area contributed by atoms with Gasteiger partial charge in [0.15, 0.2) is 5.65 Å². The normalized spacial score (nSPS) is 10.9. The number of H-pyrrole nitrogens is 2. The van der Waals surface area contributed by atoms with Crippen molar-refractivity contribution in [1.29, 1.82) is 0 Å². The Kier molecular flexibility index (Phi) is 1.46. The minimum Gasteiger partial charge on any atom is -0.368 e. The number of fused-ring (bicyclic) bond motifs is 1. The summed E-state index contributed by atoms with van der Waals surface area (Å²) in [5, 5.41) is 6.68. The summed E-state index contributed by atoms with van der Waals surface area (Å²) >= 11 is 0. The number of nitrogens with two attached hydrogens (primary N) is 1. The van der Waals surface area contributed by atoms with Crippen LogP contribution in [0.25, 0.3) is 22.6 Å². The summed E-state index contributed by atoms with van der Waals surface area (Å²) in [6, 6.07) is 1.81. The fraction of sp³-hybridized carbons (Fsp3) is 0. The molecule has 3 aromatic rings. The van der Waals surface area contributed by atoms with Crippen molar-refractivity contribution in [2.75, 3.05) is 5.73 Å². The standard InChI is InChI=1S/C8H7N7/c9-8-13-5(4-1-2-12-15-4)6-7(14-8)11-3-10-6/h1-3H,(H,12,15)(H3,9,10,11,13,14). The first kappa shape index (κ1) is 7.92. The SMILES string of the molecule is Nc1nc(-c2ccn[nH]2)c2[nH]cnc2n1. The number of aromatic nitrogens is 6. The average Bonchev–Trinajstić information content (AvgIpc) is 2.86. The molecule has 0 atom stereocenters. The molecular formula is C8H7N7. The number of nitrogens with zero attached hydrogens (tertiary/aromatic N) is 4. The molecule has 0 aliphatic carbocycles. The third-order valence-electron chi connectivity index (χ3n) is 2.06. The number of hydrogen-bond donors (Lipinski definition) is 3. The van der Waals surface area contributed by atoms with E-state index in [9.17, 15) is 0 Å². The van der Waals surface area contributed by atoms with Crippen molar-refractivity contribution >= 4 is 17.1 Å². The first-order valence-corrected chi connectivity index (χ1v) is 4.31. The molecule has 3 rings (SSSR count). The summed E-state index contributed by atoms with van der Waals surface area (Å²) in [5.74, 6) is 0.194. The van der Waals surface area contributed by atoms with Gasteiger partial charge in [0, 0.05) is 6.20 Å². The van der Waals surface area contributed by atoms with E-state index in [1.54, 1.807) is 12.5 Å². The number of aromatic amines is 2. The van der Waals surface area contributed by atoms with Crippen LogP contribution in [0.15, 0.2) is 18.6 Å². The Hall–Kier alpha value is -2.44. The first-order chi connectivity index (χ1) is 7.34. The van der Waals surface area contributed by atoms with E-state index in [1.807, 2.05) is 6.07 Å². The van der Waals surface area contributed by atoms with Crippen LogP contribution in [0.4, 0.5) is 5.95 Å². The van der Waals surface area contributed by atoms with Gasteiger partial charge >= 0.3 is 0 Å². The molecule has 0 saturated carbocycles. The molecule has 7 heteroatoms. The summed E-state index contributed by atoms with van der Waals surface area (Å²) in [4.78, 5) is 15.1. The van der Waals surface area contributed by atoms with E-state index in [0.29, 0.717) is 11.3 Å². The van der Waals surface area contributed by atoms with Crippen molar-refractivity contribution in [3.05, 3.63) is 18.6 Å². The van der Waals surface area contributed by atoms with Crippen molar-refractivity contribution in [3.8, 4) is 11.4 Å². The van der Waals surface area contributed by atoms with Gasteiger partial charge in [0.05, 0.1) is 12.0 Å². The van der Waals surface area contributed by atoms with Gasteiger partial charge in [0.2, 0.25) is 5.95 Å². The predicted molar refractivity (Wildman–Crippen MR) is 53.7 cm³/mol. The van der Waals surface area contributed by atoms with E-state index in [1.165, 1.54) is 0 Å². The van der Waals surface area contributed by atoms with E-state index < -0.39 is 0 Å². The molecule has 15 heavy (non-hydrogen) atoms. The molecule has 0 amide bonds. The molecule has 3 aromatic heterocycles. The lowest BCUT2D eigenvalue weighted by Gasteiger charge is -1.99. The van der Waals surface area contributed by atoms with Crippen LogP contribution in [0, 0.1) is 0 Å². The summed E-state index contributed by atoms with van der Waals surface area (Å²) in [6.45, 7) is 0. The van der Waals surface area contributed by atoms with E-state index in [4.69, 9.17) is 5.73 Å². The second-order valence-electron chi connectivity index (χ2n) is 3.00. The lowest BCUT2D eigenvalue weighted by Crippen LogP contribution is -1.98. The van der Waals surface area contributed by atoms with Gasteiger partial charge in [-0.3, -0.25) is 5.10 Å². The largest absolute Gasteiger partial charge is 0.368 e. The Morgan fingerprint density at radius 2 is 2.20 bits per heavy atom. The zero-order chi connectivity index (χ0) is 10.3. The van der Waals surface area contributed by atoms with Crippen LogP contribution in [0.5, 0.6) is 0 Å². The van der Waals surface area contributed by atoms with Crippen molar-refractivity contribution in [2.45, 2.75) is 0 Å². The van der Waals surface area contributed by atoms with Crippen LogP contribution >= 0.6 is 0 Å².